The van der Waals surface area contributed by atoms with Gasteiger partial charge in [-0.15, -0.1) is 0 Å². The number of nitriles is 1. The van der Waals surface area contributed by atoms with Crippen molar-refractivity contribution in [1.29, 1.82) is 5.26 Å². The quantitative estimate of drug-likeness (QED) is 0.525. The third-order valence-corrected chi connectivity index (χ3v) is 4.54. The van der Waals surface area contributed by atoms with Gasteiger partial charge in [-0.1, -0.05) is 54.0 Å². The van der Waals surface area contributed by atoms with Crippen LogP contribution in [-0.2, 0) is 11.8 Å². The number of fused-ring (bicyclic) bond motifs is 1. The molecule has 3 rings (SSSR count). The van der Waals surface area contributed by atoms with Gasteiger partial charge in [0, 0.05) is 28.1 Å². The van der Waals surface area contributed by atoms with Crippen molar-refractivity contribution in [2.45, 2.75) is 25.6 Å². The summed E-state index contributed by atoms with van der Waals surface area (Å²) in [5.41, 5.74) is 2.73. The van der Waals surface area contributed by atoms with Gasteiger partial charge in [0.25, 0.3) is 0 Å². The van der Waals surface area contributed by atoms with Crippen molar-refractivity contribution >= 4 is 26.7 Å². The largest absolute Gasteiger partial charge is 0.460 e. The fourth-order valence-corrected chi connectivity index (χ4v) is 3.19. The Bertz CT molecular complexity index is 886. The van der Waals surface area contributed by atoms with Crippen LogP contribution in [0.25, 0.3) is 22.1 Å². The summed E-state index contributed by atoms with van der Waals surface area (Å²) in [4.78, 5) is 0. The smallest absolute Gasteiger partial charge is 0.143 e. The average Bonchev–Trinajstić information content (AvgIpc) is 2.91. The molecule has 3 heteroatoms. The zero-order chi connectivity index (χ0) is 16.4. The number of hydrogen-bond donors (Lipinski definition) is 0. The van der Waals surface area contributed by atoms with Crippen molar-refractivity contribution in [3.05, 3.63) is 59.4 Å². The maximum absolute atomic E-state index is 9.39. The number of alkyl halides is 1. The minimum absolute atomic E-state index is 0.510. The number of nitrogens with zero attached hydrogens (tertiary/aromatic N) is 1. The van der Waals surface area contributed by atoms with Crippen molar-refractivity contribution < 1.29 is 4.42 Å². The maximum atomic E-state index is 9.39. The second kappa shape index (κ2) is 6.60. The van der Waals surface area contributed by atoms with Crippen LogP contribution in [0.5, 0.6) is 0 Å². The summed E-state index contributed by atoms with van der Waals surface area (Å²) in [6.07, 6.45) is 0.886. The predicted molar refractivity (Wildman–Crippen MR) is 97.5 cm³/mol. The van der Waals surface area contributed by atoms with Gasteiger partial charge < -0.3 is 4.42 Å². The molecule has 0 radical (unpaired) electrons. The summed E-state index contributed by atoms with van der Waals surface area (Å²) in [6.45, 7) is 4.37. The molecule has 0 fully saturated rings. The molecule has 0 aliphatic carbocycles. The van der Waals surface area contributed by atoms with Gasteiger partial charge in [-0.2, -0.15) is 5.26 Å². The lowest BCUT2D eigenvalue weighted by Crippen LogP contribution is -1.92. The fraction of sp³-hybridized carbons (Fsp3) is 0.250. The van der Waals surface area contributed by atoms with Crippen LogP contribution < -0.4 is 0 Å². The third kappa shape index (κ3) is 3.04. The lowest BCUT2D eigenvalue weighted by Gasteiger charge is -2.02. The Labute approximate surface area is 144 Å². The molecule has 0 bridgehead atoms. The van der Waals surface area contributed by atoms with Crippen LogP contribution >= 0.6 is 15.9 Å². The highest BCUT2D eigenvalue weighted by Gasteiger charge is 2.18. The van der Waals surface area contributed by atoms with Gasteiger partial charge >= 0.3 is 0 Å². The van der Waals surface area contributed by atoms with E-state index in [9.17, 15) is 5.26 Å². The maximum Gasteiger partial charge on any atom is 0.143 e. The molecule has 0 atom stereocenters. The van der Waals surface area contributed by atoms with Crippen molar-refractivity contribution in [2.24, 2.45) is 5.92 Å². The van der Waals surface area contributed by atoms with Crippen LogP contribution in [0.15, 0.2) is 46.9 Å². The number of halogens is 1. The lowest BCUT2D eigenvalue weighted by molar-refractivity contribution is 0.487. The van der Waals surface area contributed by atoms with Crippen LogP contribution in [0.1, 0.15) is 30.7 Å². The van der Waals surface area contributed by atoms with Gasteiger partial charge in [0.2, 0.25) is 0 Å². The summed E-state index contributed by atoms with van der Waals surface area (Å²) in [5, 5.41) is 12.4. The molecule has 1 heterocycles. The summed E-state index contributed by atoms with van der Waals surface area (Å²) >= 11 is 3.52. The number of hydrogen-bond acceptors (Lipinski definition) is 2. The summed E-state index contributed by atoms with van der Waals surface area (Å²) in [7, 11) is 0. The zero-order valence-corrected chi connectivity index (χ0v) is 14.9. The van der Waals surface area contributed by atoms with E-state index in [0.717, 1.165) is 39.6 Å². The molecule has 0 aliphatic heterocycles. The molecular formula is C20H18BrNO. The molecular weight excluding hydrogens is 350 g/mol. The van der Waals surface area contributed by atoms with Gasteiger partial charge in [-0.3, -0.25) is 0 Å². The van der Waals surface area contributed by atoms with E-state index in [-0.39, 0.29) is 0 Å². The van der Waals surface area contributed by atoms with Gasteiger partial charge in [0.1, 0.15) is 11.5 Å². The van der Waals surface area contributed by atoms with E-state index in [0.29, 0.717) is 11.5 Å². The van der Waals surface area contributed by atoms with E-state index in [2.05, 4.69) is 54.0 Å². The van der Waals surface area contributed by atoms with E-state index in [1.165, 1.54) is 5.56 Å². The van der Waals surface area contributed by atoms with Gasteiger partial charge in [-0.25, -0.2) is 0 Å². The molecule has 2 aromatic carbocycles. The summed E-state index contributed by atoms with van der Waals surface area (Å²) < 4.78 is 6.24. The van der Waals surface area contributed by atoms with Crippen molar-refractivity contribution in [3.8, 4) is 17.4 Å². The molecule has 0 saturated carbocycles. The van der Waals surface area contributed by atoms with Crippen LogP contribution in [-0.4, -0.2) is 0 Å². The summed E-state index contributed by atoms with van der Waals surface area (Å²) in [5.74, 6) is 2.31. The minimum atomic E-state index is 0.510. The predicted octanol–water partition coefficient (Wildman–Crippen LogP) is 6.06. The first-order valence-corrected chi connectivity index (χ1v) is 8.86. The average molecular weight is 368 g/mol. The third-order valence-electron chi connectivity index (χ3n) is 3.89. The highest BCUT2D eigenvalue weighted by Crippen LogP contribution is 2.37. The molecule has 1 aromatic heterocycles. The molecule has 0 aliphatic rings. The van der Waals surface area contributed by atoms with E-state index >= 15 is 0 Å². The Morgan fingerprint density at radius 3 is 2.61 bits per heavy atom. The van der Waals surface area contributed by atoms with Crippen LogP contribution in [0.2, 0.25) is 0 Å². The van der Waals surface area contributed by atoms with Crippen molar-refractivity contribution in [3.63, 3.8) is 0 Å². The van der Waals surface area contributed by atoms with Crippen LogP contribution in [0.3, 0.4) is 0 Å². The monoisotopic (exact) mass is 367 g/mol. The fourth-order valence-electron chi connectivity index (χ4n) is 2.84. The first-order chi connectivity index (χ1) is 11.1. The minimum Gasteiger partial charge on any atom is -0.460 e. The first-order valence-electron chi connectivity index (χ1n) is 7.73. The molecule has 116 valence electrons. The Morgan fingerprint density at radius 2 is 1.91 bits per heavy atom. The van der Waals surface area contributed by atoms with Gasteiger partial charge in [-0.05, 0) is 29.7 Å². The molecule has 0 unspecified atom stereocenters. The van der Waals surface area contributed by atoms with Crippen LogP contribution in [0, 0.1) is 17.2 Å². The van der Waals surface area contributed by atoms with Crippen LogP contribution in [0.4, 0.5) is 0 Å². The molecule has 0 spiro atoms. The van der Waals surface area contributed by atoms with E-state index < -0.39 is 0 Å². The number of furan rings is 1. The second-order valence-corrected chi connectivity index (χ2v) is 6.68. The molecule has 0 saturated heterocycles. The normalized spacial score (nSPS) is 11.1. The Morgan fingerprint density at radius 1 is 1.13 bits per heavy atom. The van der Waals surface area contributed by atoms with E-state index in [4.69, 9.17) is 4.42 Å². The Kier molecular flexibility index (Phi) is 4.54. The van der Waals surface area contributed by atoms with E-state index in [1.807, 2.05) is 24.3 Å². The first kappa shape index (κ1) is 15.8. The molecule has 0 N–H and O–H groups in total. The SMILES string of the molecule is CC(C)Cc1oc(-c2ccccc2C#N)c2ccc(CBr)cc12. The van der Waals surface area contributed by atoms with Gasteiger partial charge in [0.05, 0.1) is 11.6 Å². The molecule has 0 amide bonds. The highest BCUT2D eigenvalue weighted by atomic mass is 79.9. The second-order valence-electron chi connectivity index (χ2n) is 6.12. The highest BCUT2D eigenvalue weighted by molar-refractivity contribution is 9.08. The van der Waals surface area contributed by atoms with Gasteiger partial charge in [0.15, 0.2) is 0 Å². The Hall–Kier alpha value is -2.05. The molecule has 23 heavy (non-hydrogen) atoms. The number of rotatable bonds is 4. The summed E-state index contributed by atoms with van der Waals surface area (Å²) in [6, 6.07) is 16.3. The lowest BCUT2D eigenvalue weighted by atomic mass is 10.00. The molecule has 3 aromatic rings. The van der Waals surface area contributed by atoms with Crippen molar-refractivity contribution in [1.82, 2.24) is 0 Å². The topological polar surface area (TPSA) is 36.9 Å². The Balaban J connectivity index is 2.27. The van der Waals surface area contributed by atoms with E-state index in [1.54, 1.807) is 0 Å². The zero-order valence-electron chi connectivity index (χ0n) is 13.3. The number of benzene rings is 2. The molecule has 2 nitrogen and oxygen atoms in total. The standard InChI is InChI=1S/C20H18BrNO/c1-13(2)9-19-18-10-14(11-21)7-8-17(18)20(23-19)16-6-4-3-5-15(16)12-22/h3-8,10,13H,9,11H2,1-2H3. The van der Waals surface area contributed by atoms with Crippen molar-refractivity contribution in [2.75, 3.05) is 0 Å².